The van der Waals surface area contributed by atoms with Crippen LogP contribution in [0.1, 0.15) is 36.1 Å². The number of nitrogens with two attached hydrogens (primary N) is 1. The molecule has 0 radical (unpaired) electrons. The number of ether oxygens (including phenoxy) is 1. The normalized spacial score (nSPS) is 15.1. The quantitative estimate of drug-likeness (QED) is 0.630. The first-order valence-electron chi connectivity index (χ1n) is 9.29. The fraction of sp³-hybridized carbons (Fsp3) is 0.350. The summed E-state index contributed by atoms with van der Waals surface area (Å²) < 4.78 is 11.5. The van der Waals surface area contributed by atoms with E-state index < -0.39 is 0 Å². The number of nitrogens with zero attached hydrogens (tertiary/aromatic N) is 4. The van der Waals surface area contributed by atoms with Gasteiger partial charge in [0.2, 0.25) is 11.8 Å². The maximum absolute atomic E-state index is 5.93. The topological polar surface area (TPSA) is 90.3 Å². The first-order valence-corrected chi connectivity index (χ1v) is 9.67. The molecule has 146 valence electrons. The van der Waals surface area contributed by atoms with Crippen molar-refractivity contribution in [2.45, 2.75) is 32.0 Å². The second-order valence-corrected chi connectivity index (χ2v) is 7.26. The van der Waals surface area contributed by atoms with Gasteiger partial charge in [-0.15, -0.1) is 10.2 Å². The lowest BCUT2D eigenvalue weighted by atomic mass is 9.97. The van der Waals surface area contributed by atoms with Crippen LogP contribution in [-0.2, 0) is 18.0 Å². The Morgan fingerprint density at radius 1 is 1.14 bits per heavy atom. The summed E-state index contributed by atoms with van der Waals surface area (Å²) in [5.74, 6) is 2.45. The van der Waals surface area contributed by atoms with Crippen LogP contribution in [0.4, 0.5) is 11.5 Å². The summed E-state index contributed by atoms with van der Waals surface area (Å²) in [6, 6.07) is 11.3. The zero-order valence-electron chi connectivity index (χ0n) is 15.4. The summed E-state index contributed by atoms with van der Waals surface area (Å²) in [5.41, 5.74) is 7.42. The Hall–Kier alpha value is -2.64. The number of pyridine rings is 1. The van der Waals surface area contributed by atoms with Crippen molar-refractivity contribution >= 4 is 23.1 Å². The number of hydrogen-bond donors (Lipinski definition) is 1. The summed E-state index contributed by atoms with van der Waals surface area (Å²) >= 11 is 5.91. The maximum Gasteiger partial charge on any atom is 0.242 e. The lowest BCUT2D eigenvalue weighted by Gasteiger charge is -2.31. The van der Waals surface area contributed by atoms with Gasteiger partial charge in [-0.25, -0.2) is 4.98 Å². The van der Waals surface area contributed by atoms with Gasteiger partial charge in [-0.05, 0) is 37.1 Å². The van der Waals surface area contributed by atoms with Crippen LogP contribution < -0.4 is 10.6 Å². The minimum absolute atomic E-state index is 0.252. The number of rotatable bonds is 6. The van der Waals surface area contributed by atoms with E-state index in [1.807, 2.05) is 30.5 Å². The smallest absolute Gasteiger partial charge is 0.242 e. The Morgan fingerprint density at radius 2 is 2.00 bits per heavy atom. The van der Waals surface area contributed by atoms with Crippen LogP contribution in [0.2, 0.25) is 5.02 Å². The number of benzene rings is 1. The Balaban J connectivity index is 1.28. The van der Waals surface area contributed by atoms with E-state index in [0.717, 1.165) is 37.3 Å². The third-order valence-corrected chi connectivity index (χ3v) is 5.13. The predicted molar refractivity (Wildman–Crippen MR) is 107 cm³/mol. The number of nitrogen functional groups attached to an aromatic ring is 1. The molecule has 7 nitrogen and oxygen atoms in total. The second-order valence-electron chi connectivity index (χ2n) is 6.82. The molecule has 3 aromatic rings. The van der Waals surface area contributed by atoms with Gasteiger partial charge in [0.15, 0.2) is 0 Å². The highest BCUT2D eigenvalue weighted by molar-refractivity contribution is 6.30. The van der Waals surface area contributed by atoms with E-state index in [1.165, 1.54) is 0 Å². The summed E-state index contributed by atoms with van der Waals surface area (Å²) in [6.45, 7) is 2.46. The molecule has 0 aliphatic carbocycles. The van der Waals surface area contributed by atoms with Crippen molar-refractivity contribution in [3.63, 3.8) is 0 Å². The van der Waals surface area contributed by atoms with Crippen LogP contribution in [0.15, 0.2) is 47.0 Å². The van der Waals surface area contributed by atoms with Crippen molar-refractivity contribution in [2.24, 2.45) is 0 Å². The van der Waals surface area contributed by atoms with E-state index >= 15 is 0 Å². The molecule has 0 atom stereocenters. The lowest BCUT2D eigenvalue weighted by molar-refractivity contribution is 0.0885. The van der Waals surface area contributed by atoms with E-state index in [2.05, 4.69) is 20.1 Å². The highest BCUT2D eigenvalue weighted by Crippen LogP contribution is 2.29. The molecule has 0 saturated carbocycles. The monoisotopic (exact) mass is 399 g/mol. The zero-order valence-corrected chi connectivity index (χ0v) is 16.2. The van der Waals surface area contributed by atoms with Gasteiger partial charge in [0, 0.05) is 41.5 Å². The molecule has 0 bridgehead atoms. The average Bonchev–Trinajstić information content (AvgIpc) is 3.19. The molecule has 3 heterocycles. The van der Waals surface area contributed by atoms with Gasteiger partial charge in [0.25, 0.3) is 0 Å². The maximum atomic E-state index is 5.93. The molecule has 2 N–H and O–H groups in total. The van der Waals surface area contributed by atoms with Crippen LogP contribution in [0.5, 0.6) is 0 Å². The SMILES string of the molecule is Nc1cc(Cl)ccc1COCc1nnc(C2CCN(c3ccccn3)CC2)o1. The number of hydrogen-bond acceptors (Lipinski definition) is 7. The molecule has 0 spiro atoms. The largest absolute Gasteiger partial charge is 0.422 e. The van der Waals surface area contributed by atoms with Crippen molar-refractivity contribution in [3.8, 4) is 0 Å². The number of piperidine rings is 1. The number of halogens is 1. The lowest BCUT2D eigenvalue weighted by Crippen LogP contribution is -2.33. The summed E-state index contributed by atoms with van der Waals surface area (Å²) in [5, 5.41) is 8.94. The molecule has 1 aromatic carbocycles. The summed E-state index contributed by atoms with van der Waals surface area (Å²) in [7, 11) is 0. The Bertz CT molecular complexity index is 910. The van der Waals surface area contributed by atoms with Gasteiger partial charge in [-0.3, -0.25) is 0 Å². The van der Waals surface area contributed by atoms with Crippen molar-refractivity contribution in [2.75, 3.05) is 23.7 Å². The second kappa shape index (κ2) is 8.58. The van der Waals surface area contributed by atoms with E-state index in [9.17, 15) is 0 Å². The Morgan fingerprint density at radius 3 is 2.75 bits per heavy atom. The van der Waals surface area contributed by atoms with E-state index in [4.69, 9.17) is 26.5 Å². The molecular weight excluding hydrogens is 378 g/mol. The van der Waals surface area contributed by atoms with E-state index in [-0.39, 0.29) is 12.5 Å². The van der Waals surface area contributed by atoms with Crippen LogP contribution in [0.25, 0.3) is 0 Å². The Labute approximate surface area is 168 Å². The molecule has 0 amide bonds. The van der Waals surface area contributed by atoms with Gasteiger partial charge in [0.1, 0.15) is 12.4 Å². The molecule has 28 heavy (non-hydrogen) atoms. The van der Waals surface area contributed by atoms with Crippen LogP contribution >= 0.6 is 11.6 Å². The Kier molecular flexibility index (Phi) is 5.73. The van der Waals surface area contributed by atoms with Crippen LogP contribution in [0.3, 0.4) is 0 Å². The predicted octanol–water partition coefficient (Wildman–Crippen LogP) is 3.80. The first kappa shape index (κ1) is 18.7. The minimum atomic E-state index is 0.252. The van der Waals surface area contributed by atoms with E-state index in [1.54, 1.807) is 12.1 Å². The van der Waals surface area contributed by atoms with E-state index in [0.29, 0.717) is 29.1 Å². The molecule has 1 aliphatic heterocycles. The van der Waals surface area contributed by atoms with Gasteiger partial charge in [-0.2, -0.15) is 0 Å². The average molecular weight is 400 g/mol. The molecule has 1 saturated heterocycles. The minimum Gasteiger partial charge on any atom is -0.422 e. The molecule has 0 unspecified atom stereocenters. The fourth-order valence-electron chi connectivity index (χ4n) is 3.33. The highest BCUT2D eigenvalue weighted by atomic mass is 35.5. The third-order valence-electron chi connectivity index (χ3n) is 4.89. The molecule has 8 heteroatoms. The standard InChI is InChI=1S/C20H22ClN5O2/c21-16-5-4-15(17(22)11-16)12-27-13-19-24-25-20(28-19)14-6-9-26(10-7-14)18-3-1-2-8-23-18/h1-5,8,11,14H,6-7,9-10,12-13,22H2. The molecular formula is C20H22ClN5O2. The number of anilines is 2. The van der Waals surface area contributed by atoms with Crippen molar-refractivity contribution < 1.29 is 9.15 Å². The summed E-state index contributed by atoms with van der Waals surface area (Å²) in [4.78, 5) is 6.70. The first-order chi connectivity index (χ1) is 13.7. The van der Waals surface area contributed by atoms with Crippen LogP contribution in [0, 0.1) is 0 Å². The van der Waals surface area contributed by atoms with Crippen molar-refractivity contribution in [1.82, 2.24) is 15.2 Å². The van der Waals surface area contributed by atoms with Gasteiger partial charge in [0.05, 0.1) is 6.61 Å². The third kappa shape index (κ3) is 4.43. The van der Waals surface area contributed by atoms with Crippen LogP contribution in [-0.4, -0.2) is 28.3 Å². The molecule has 1 aliphatic rings. The highest BCUT2D eigenvalue weighted by Gasteiger charge is 2.25. The van der Waals surface area contributed by atoms with Gasteiger partial charge < -0.3 is 19.8 Å². The zero-order chi connectivity index (χ0) is 19.3. The fourth-order valence-corrected chi connectivity index (χ4v) is 3.51. The molecule has 1 fully saturated rings. The van der Waals surface area contributed by atoms with Gasteiger partial charge >= 0.3 is 0 Å². The van der Waals surface area contributed by atoms with Crippen molar-refractivity contribution in [3.05, 3.63) is 65.0 Å². The van der Waals surface area contributed by atoms with Crippen molar-refractivity contribution in [1.29, 1.82) is 0 Å². The van der Waals surface area contributed by atoms with Gasteiger partial charge in [-0.1, -0.05) is 23.7 Å². The summed E-state index contributed by atoms with van der Waals surface area (Å²) in [6.07, 6.45) is 3.74. The molecule has 4 rings (SSSR count). The molecule has 2 aromatic heterocycles. The number of aromatic nitrogens is 3.